The van der Waals surface area contributed by atoms with E-state index in [1.54, 1.807) is 48.5 Å². The van der Waals surface area contributed by atoms with Crippen molar-refractivity contribution in [2.45, 2.75) is 6.92 Å². The van der Waals surface area contributed by atoms with E-state index >= 15 is 0 Å². The van der Waals surface area contributed by atoms with Gasteiger partial charge in [0.15, 0.2) is 0 Å². The Balaban J connectivity index is 1.38. The molecular formula is C30H22ClN3O3. The summed E-state index contributed by atoms with van der Waals surface area (Å²) in [6.07, 6.45) is 1.44. The summed E-state index contributed by atoms with van der Waals surface area (Å²) in [5.74, 6) is -0.603. The molecule has 0 aliphatic rings. The van der Waals surface area contributed by atoms with E-state index in [9.17, 15) is 9.59 Å². The Labute approximate surface area is 218 Å². The number of H-pyrrole nitrogens is 1. The Morgan fingerprint density at radius 2 is 1.65 bits per heavy atom. The number of aromatic nitrogens is 1. The van der Waals surface area contributed by atoms with E-state index in [2.05, 4.69) is 21.6 Å². The Morgan fingerprint density at radius 1 is 0.919 bits per heavy atom. The third-order valence-electron chi connectivity index (χ3n) is 5.81. The second-order valence-electron chi connectivity index (χ2n) is 8.42. The van der Waals surface area contributed by atoms with Gasteiger partial charge in [-0.3, -0.25) is 4.79 Å². The number of nitrogens with zero attached hydrogens (tertiary/aromatic N) is 1. The lowest BCUT2D eigenvalue weighted by molar-refractivity contribution is 0.0734. The van der Waals surface area contributed by atoms with Crippen LogP contribution >= 0.6 is 11.6 Å². The molecule has 0 saturated heterocycles. The van der Waals surface area contributed by atoms with Crippen molar-refractivity contribution >= 4 is 40.6 Å². The van der Waals surface area contributed by atoms with E-state index in [1.165, 1.54) is 6.21 Å². The van der Waals surface area contributed by atoms with Crippen molar-refractivity contribution in [1.82, 2.24) is 10.4 Å². The van der Waals surface area contributed by atoms with Crippen molar-refractivity contribution in [2.75, 3.05) is 0 Å². The van der Waals surface area contributed by atoms with E-state index in [-0.39, 0.29) is 5.91 Å². The number of para-hydroxylation sites is 1. The molecule has 182 valence electrons. The largest absolute Gasteiger partial charge is 0.422 e. The summed E-state index contributed by atoms with van der Waals surface area (Å²) >= 11 is 5.90. The van der Waals surface area contributed by atoms with E-state index in [4.69, 9.17) is 16.3 Å². The molecule has 0 saturated carbocycles. The summed E-state index contributed by atoms with van der Waals surface area (Å²) in [5, 5.41) is 5.63. The molecule has 7 heteroatoms. The number of carbonyl (C=O) groups is 2. The monoisotopic (exact) mass is 507 g/mol. The first kappa shape index (κ1) is 24.0. The van der Waals surface area contributed by atoms with Crippen molar-refractivity contribution in [3.8, 4) is 16.9 Å². The molecule has 0 unspecified atom stereocenters. The third-order valence-corrected chi connectivity index (χ3v) is 6.07. The van der Waals surface area contributed by atoms with Crippen molar-refractivity contribution in [3.63, 3.8) is 0 Å². The predicted octanol–water partition coefficient (Wildman–Crippen LogP) is 6.78. The first-order valence-electron chi connectivity index (χ1n) is 11.6. The lowest BCUT2D eigenvalue weighted by atomic mass is 10.0. The Kier molecular flexibility index (Phi) is 6.83. The van der Waals surface area contributed by atoms with Gasteiger partial charge in [-0.05, 0) is 61.0 Å². The van der Waals surface area contributed by atoms with Gasteiger partial charge >= 0.3 is 5.97 Å². The zero-order valence-electron chi connectivity index (χ0n) is 19.9. The minimum atomic E-state index is -0.526. The highest BCUT2D eigenvalue weighted by Gasteiger charge is 2.19. The Hall–Kier alpha value is -4.68. The second kappa shape index (κ2) is 10.5. The Morgan fingerprint density at radius 3 is 2.43 bits per heavy atom. The van der Waals surface area contributed by atoms with Crippen LogP contribution in [-0.4, -0.2) is 23.1 Å². The lowest BCUT2D eigenvalue weighted by Gasteiger charge is -2.07. The highest BCUT2D eigenvalue weighted by atomic mass is 35.5. The van der Waals surface area contributed by atoms with Gasteiger partial charge in [0.2, 0.25) is 0 Å². The van der Waals surface area contributed by atoms with Gasteiger partial charge in [-0.1, -0.05) is 65.7 Å². The molecular weight excluding hydrogens is 486 g/mol. The standard InChI is InChI=1S/C30H22ClN3O3/c1-19-11-16-25-24(17-19)27(20-7-3-2-4-8-20)28(33-25)29(35)34-32-18-22-9-5-6-10-26(22)37-30(36)21-12-14-23(31)15-13-21/h2-18,33H,1H3,(H,34,35). The summed E-state index contributed by atoms with van der Waals surface area (Å²) in [4.78, 5) is 29.0. The molecule has 0 radical (unpaired) electrons. The van der Waals surface area contributed by atoms with Gasteiger partial charge < -0.3 is 9.72 Å². The molecule has 0 spiro atoms. The summed E-state index contributed by atoms with van der Waals surface area (Å²) in [6, 6.07) is 29.1. The molecule has 0 atom stereocenters. The maximum atomic E-state index is 13.2. The van der Waals surface area contributed by atoms with Gasteiger partial charge in [0.25, 0.3) is 5.91 Å². The first-order chi connectivity index (χ1) is 18.0. The number of esters is 1. The fraction of sp³-hybridized carbons (Fsp3) is 0.0333. The molecule has 0 aliphatic heterocycles. The SMILES string of the molecule is Cc1ccc2[nH]c(C(=O)NN=Cc3ccccc3OC(=O)c3ccc(Cl)cc3)c(-c3ccccc3)c2c1. The molecule has 5 rings (SSSR count). The molecule has 4 aromatic carbocycles. The number of aromatic amines is 1. The van der Waals surface area contributed by atoms with Gasteiger partial charge in [0.1, 0.15) is 11.4 Å². The number of halogens is 1. The number of amides is 1. The number of nitrogens with one attached hydrogen (secondary N) is 2. The zero-order chi connectivity index (χ0) is 25.8. The van der Waals surface area contributed by atoms with Crippen molar-refractivity contribution < 1.29 is 14.3 Å². The van der Waals surface area contributed by atoms with Gasteiger partial charge in [-0.15, -0.1) is 0 Å². The van der Waals surface area contributed by atoms with Crippen LogP contribution in [-0.2, 0) is 0 Å². The fourth-order valence-electron chi connectivity index (χ4n) is 4.02. The predicted molar refractivity (Wildman–Crippen MR) is 146 cm³/mol. The second-order valence-corrected chi connectivity index (χ2v) is 8.86. The molecule has 0 fully saturated rings. The smallest absolute Gasteiger partial charge is 0.343 e. The molecule has 1 aromatic heterocycles. The van der Waals surface area contributed by atoms with Crippen molar-refractivity contribution in [2.24, 2.45) is 5.10 Å². The molecule has 2 N–H and O–H groups in total. The summed E-state index contributed by atoms with van der Waals surface area (Å²) < 4.78 is 5.55. The number of ether oxygens (including phenoxy) is 1. The molecule has 6 nitrogen and oxygen atoms in total. The van der Waals surface area contributed by atoms with Crippen LogP contribution in [0.4, 0.5) is 0 Å². The molecule has 0 aliphatic carbocycles. The summed E-state index contributed by atoms with van der Waals surface area (Å²) in [6.45, 7) is 2.02. The molecule has 1 amide bonds. The Bertz CT molecular complexity index is 1620. The van der Waals surface area contributed by atoms with Crippen molar-refractivity contribution in [1.29, 1.82) is 0 Å². The van der Waals surface area contributed by atoms with Gasteiger partial charge in [-0.25, -0.2) is 10.2 Å². The maximum Gasteiger partial charge on any atom is 0.343 e. The number of rotatable bonds is 6. The average molecular weight is 508 g/mol. The van der Waals surface area contributed by atoms with Gasteiger partial charge in [-0.2, -0.15) is 5.10 Å². The van der Waals surface area contributed by atoms with Crippen LogP contribution < -0.4 is 10.2 Å². The third kappa shape index (κ3) is 5.29. The lowest BCUT2D eigenvalue weighted by Crippen LogP contribution is -2.19. The molecule has 1 heterocycles. The minimum absolute atomic E-state index is 0.312. The zero-order valence-corrected chi connectivity index (χ0v) is 20.6. The van der Waals surface area contributed by atoms with Gasteiger partial charge in [0.05, 0.1) is 11.8 Å². The van der Waals surface area contributed by atoms with Crippen LogP contribution in [0.5, 0.6) is 5.75 Å². The highest BCUT2D eigenvalue weighted by Crippen LogP contribution is 2.33. The number of hydrazone groups is 1. The van der Waals surface area contributed by atoms with E-state index in [1.807, 2.05) is 49.4 Å². The molecule has 5 aromatic rings. The number of aryl methyl sites for hydroxylation is 1. The van der Waals surface area contributed by atoms with Crippen LogP contribution in [0.1, 0.15) is 32.0 Å². The van der Waals surface area contributed by atoms with Crippen molar-refractivity contribution in [3.05, 3.63) is 124 Å². The number of hydrogen-bond acceptors (Lipinski definition) is 4. The normalized spacial score (nSPS) is 11.1. The topological polar surface area (TPSA) is 83.6 Å². The van der Waals surface area contributed by atoms with Crippen LogP contribution in [0.3, 0.4) is 0 Å². The number of benzene rings is 4. The van der Waals surface area contributed by atoms with Crippen LogP contribution in [0.25, 0.3) is 22.0 Å². The van der Waals surface area contributed by atoms with Gasteiger partial charge in [0, 0.05) is 27.1 Å². The van der Waals surface area contributed by atoms with E-state index < -0.39 is 5.97 Å². The van der Waals surface area contributed by atoms with Crippen LogP contribution in [0.15, 0.2) is 102 Å². The quantitative estimate of drug-likeness (QED) is 0.115. The van der Waals surface area contributed by atoms with E-state index in [0.29, 0.717) is 27.6 Å². The van der Waals surface area contributed by atoms with E-state index in [0.717, 1.165) is 27.6 Å². The van der Waals surface area contributed by atoms with Crippen LogP contribution in [0.2, 0.25) is 5.02 Å². The number of carbonyl (C=O) groups excluding carboxylic acids is 2. The number of fused-ring (bicyclic) bond motifs is 1. The molecule has 37 heavy (non-hydrogen) atoms. The summed E-state index contributed by atoms with van der Waals surface area (Å²) in [5.41, 5.74) is 7.59. The number of hydrogen-bond donors (Lipinski definition) is 2. The fourth-order valence-corrected chi connectivity index (χ4v) is 4.15. The summed E-state index contributed by atoms with van der Waals surface area (Å²) in [7, 11) is 0. The van der Waals surface area contributed by atoms with Crippen LogP contribution in [0, 0.1) is 6.92 Å². The minimum Gasteiger partial charge on any atom is -0.422 e. The molecule has 0 bridgehead atoms. The maximum absolute atomic E-state index is 13.2. The average Bonchev–Trinajstić information content (AvgIpc) is 3.29. The highest BCUT2D eigenvalue weighted by molar-refractivity contribution is 6.30. The first-order valence-corrected chi connectivity index (χ1v) is 12.0.